The zero-order valence-electron chi connectivity index (χ0n) is 17.7. The van der Waals surface area contributed by atoms with Crippen molar-refractivity contribution in [2.75, 3.05) is 25.6 Å². The van der Waals surface area contributed by atoms with Crippen LogP contribution in [0.15, 0.2) is 47.6 Å². The fourth-order valence-corrected chi connectivity index (χ4v) is 4.25. The number of aryl methyl sites for hydroxylation is 2. The van der Waals surface area contributed by atoms with Gasteiger partial charge in [0.15, 0.2) is 0 Å². The van der Waals surface area contributed by atoms with Crippen molar-refractivity contribution in [3.8, 4) is 5.75 Å². The average molecular weight is 392 g/mol. The van der Waals surface area contributed by atoms with Gasteiger partial charge < -0.3 is 9.64 Å². The van der Waals surface area contributed by atoms with Gasteiger partial charge in [0.25, 0.3) is 0 Å². The second kappa shape index (κ2) is 7.99. The van der Waals surface area contributed by atoms with E-state index in [1.165, 1.54) is 11.1 Å². The average Bonchev–Trinajstić information content (AvgIpc) is 2.67. The Balaban J connectivity index is 1.62. The van der Waals surface area contributed by atoms with Gasteiger partial charge in [-0.3, -0.25) is 4.79 Å². The van der Waals surface area contributed by atoms with Gasteiger partial charge in [-0.25, -0.2) is 5.01 Å². The maximum absolute atomic E-state index is 12.7. The molecular formula is C24H29N3O2. The Morgan fingerprint density at radius 1 is 1.21 bits per heavy atom. The lowest BCUT2D eigenvalue weighted by atomic mass is 9.79. The molecule has 5 nitrogen and oxygen atoms in total. The van der Waals surface area contributed by atoms with Gasteiger partial charge in [-0.1, -0.05) is 17.7 Å². The SMILES string of the molecule is Cc1ccc(N2N=C3c4ccc(OC(C)CN(C)C)cc4CCC3CC2=O)cc1. The highest BCUT2D eigenvalue weighted by Gasteiger charge is 2.34. The van der Waals surface area contributed by atoms with Crippen LogP contribution < -0.4 is 9.75 Å². The first-order valence-electron chi connectivity index (χ1n) is 10.3. The summed E-state index contributed by atoms with van der Waals surface area (Å²) < 4.78 is 6.10. The van der Waals surface area contributed by atoms with Crippen LogP contribution in [0.5, 0.6) is 5.75 Å². The van der Waals surface area contributed by atoms with E-state index in [1.54, 1.807) is 5.01 Å². The third kappa shape index (κ3) is 4.20. The van der Waals surface area contributed by atoms with E-state index in [0.29, 0.717) is 6.42 Å². The van der Waals surface area contributed by atoms with Gasteiger partial charge in [0.05, 0.1) is 11.4 Å². The standard InChI is InChI=1S/C24H29N3O2/c1-16-5-9-20(10-6-16)27-23(28)14-19-8-7-18-13-21(29-17(2)15-26(3)4)11-12-22(18)24(19)25-27/h5-6,9-13,17,19H,7-8,14-15H2,1-4H3. The van der Waals surface area contributed by atoms with Crippen molar-refractivity contribution < 1.29 is 9.53 Å². The lowest BCUT2D eigenvalue weighted by Crippen LogP contribution is -2.39. The highest BCUT2D eigenvalue weighted by Crippen LogP contribution is 2.35. The number of likely N-dealkylation sites (N-methyl/N-ethyl adjacent to an activating group) is 1. The molecule has 152 valence electrons. The van der Waals surface area contributed by atoms with Gasteiger partial charge in [0, 0.05) is 24.4 Å². The molecule has 29 heavy (non-hydrogen) atoms. The van der Waals surface area contributed by atoms with Gasteiger partial charge >= 0.3 is 0 Å². The Morgan fingerprint density at radius 2 is 1.97 bits per heavy atom. The minimum absolute atomic E-state index is 0.0727. The van der Waals surface area contributed by atoms with Gasteiger partial charge in [0.1, 0.15) is 11.9 Å². The molecule has 5 heteroatoms. The van der Waals surface area contributed by atoms with Crippen molar-refractivity contribution in [1.29, 1.82) is 0 Å². The molecule has 2 aromatic rings. The first kappa shape index (κ1) is 19.6. The minimum atomic E-state index is 0.0727. The summed E-state index contributed by atoms with van der Waals surface area (Å²) in [5.41, 5.74) is 5.43. The molecule has 0 saturated carbocycles. The topological polar surface area (TPSA) is 45.1 Å². The quantitative estimate of drug-likeness (QED) is 0.773. The zero-order valence-corrected chi connectivity index (χ0v) is 17.7. The van der Waals surface area contributed by atoms with Crippen LogP contribution in [0.25, 0.3) is 0 Å². The molecule has 1 aliphatic carbocycles. The summed E-state index contributed by atoms with van der Waals surface area (Å²) in [4.78, 5) is 14.8. The lowest BCUT2D eigenvalue weighted by molar-refractivity contribution is -0.119. The van der Waals surface area contributed by atoms with Crippen LogP contribution in [0.2, 0.25) is 0 Å². The molecule has 0 fully saturated rings. The second-order valence-electron chi connectivity index (χ2n) is 8.48. The summed E-state index contributed by atoms with van der Waals surface area (Å²) in [7, 11) is 4.10. The number of nitrogens with zero attached hydrogens (tertiary/aromatic N) is 3. The number of hydrazone groups is 1. The Morgan fingerprint density at radius 3 is 2.69 bits per heavy atom. The molecule has 2 aromatic carbocycles. The van der Waals surface area contributed by atoms with Crippen LogP contribution in [0.1, 0.15) is 36.5 Å². The molecule has 0 radical (unpaired) electrons. The summed E-state index contributed by atoms with van der Waals surface area (Å²) in [6.07, 6.45) is 2.55. The smallest absolute Gasteiger partial charge is 0.248 e. The number of carbonyl (C=O) groups excluding carboxylic acids is 1. The number of fused-ring (bicyclic) bond motifs is 3. The first-order chi connectivity index (χ1) is 13.9. The van der Waals surface area contributed by atoms with E-state index in [-0.39, 0.29) is 17.9 Å². The van der Waals surface area contributed by atoms with Crippen molar-refractivity contribution in [2.24, 2.45) is 11.0 Å². The highest BCUT2D eigenvalue weighted by molar-refractivity contribution is 6.11. The minimum Gasteiger partial charge on any atom is -0.489 e. The van der Waals surface area contributed by atoms with Crippen molar-refractivity contribution in [1.82, 2.24) is 4.90 Å². The fourth-order valence-electron chi connectivity index (χ4n) is 4.25. The maximum Gasteiger partial charge on any atom is 0.248 e. The summed E-state index contributed by atoms with van der Waals surface area (Å²) in [5.74, 6) is 1.18. The Kier molecular flexibility index (Phi) is 5.41. The molecule has 0 aromatic heterocycles. The number of rotatable bonds is 5. The van der Waals surface area contributed by atoms with E-state index in [9.17, 15) is 4.79 Å². The van der Waals surface area contributed by atoms with Crippen LogP contribution in [0.4, 0.5) is 5.69 Å². The molecule has 1 amide bonds. The lowest BCUT2D eigenvalue weighted by Gasteiger charge is -2.33. The number of ether oxygens (including phenoxy) is 1. The van der Waals surface area contributed by atoms with E-state index in [0.717, 1.165) is 42.1 Å². The number of benzene rings is 2. The first-order valence-corrected chi connectivity index (χ1v) is 10.3. The normalized spacial score (nSPS) is 19.5. The van der Waals surface area contributed by atoms with E-state index >= 15 is 0 Å². The molecule has 0 saturated heterocycles. The maximum atomic E-state index is 12.7. The van der Waals surface area contributed by atoms with Crippen molar-refractivity contribution in [3.05, 3.63) is 59.2 Å². The summed E-state index contributed by atoms with van der Waals surface area (Å²) in [5, 5.41) is 6.38. The Labute approximate surface area is 173 Å². The summed E-state index contributed by atoms with van der Waals surface area (Å²) in [6.45, 7) is 5.01. The third-order valence-electron chi connectivity index (χ3n) is 5.60. The van der Waals surface area contributed by atoms with Crippen LogP contribution >= 0.6 is 0 Å². The monoisotopic (exact) mass is 391 g/mol. The Bertz CT molecular complexity index is 934. The molecule has 0 spiro atoms. The highest BCUT2D eigenvalue weighted by atomic mass is 16.5. The largest absolute Gasteiger partial charge is 0.489 e. The zero-order chi connectivity index (χ0) is 20.5. The van der Waals surface area contributed by atoms with Crippen LogP contribution in [-0.4, -0.2) is 43.3 Å². The number of hydrogen-bond acceptors (Lipinski definition) is 4. The predicted molar refractivity (Wildman–Crippen MR) is 117 cm³/mol. The number of carbonyl (C=O) groups is 1. The number of hydrogen-bond donors (Lipinski definition) is 0. The molecule has 0 N–H and O–H groups in total. The molecule has 4 rings (SSSR count). The fraction of sp³-hybridized carbons (Fsp3) is 0.417. The molecular weight excluding hydrogens is 362 g/mol. The Hall–Kier alpha value is -2.66. The molecule has 2 atom stereocenters. The summed E-state index contributed by atoms with van der Waals surface area (Å²) in [6, 6.07) is 14.2. The van der Waals surface area contributed by atoms with Gasteiger partial charge in [-0.15, -0.1) is 0 Å². The van der Waals surface area contributed by atoms with Crippen LogP contribution in [-0.2, 0) is 11.2 Å². The molecule has 2 aliphatic rings. The predicted octanol–water partition coefficient (Wildman–Crippen LogP) is 4.03. The van der Waals surface area contributed by atoms with E-state index in [2.05, 4.69) is 38.1 Å². The van der Waals surface area contributed by atoms with E-state index in [1.807, 2.05) is 37.3 Å². The van der Waals surface area contributed by atoms with E-state index in [4.69, 9.17) is 9.84 Å². The van der Waals surface area contributed by atoms with Crippen molar-refractivity contribution in [2.45, 2.75) is 39.2 Å². The van der Waals surface area contributed by atoms with E-state index < -0.39 is 0 Å². The molecule has 1 aliphatic heterocycles. The molecule has 2 unspecified atom stereocenters. The van der Waals surface area contributed by atoms with Gasteiger partial charge in [-0.2, -0.15) is 5.10 Å². The van der Waals surface area contributed by atoms with Crippen molar-refractivity contribution in [3.63, 3.8) is 0 Å². The second-order valence-corrected chi connectivity index (χ2v) is 8.48. The van der Waals surface area contributed by atoms with Gasteiger partial charge in [-0.05, 0) is 76.7 Å². The third-order valence-corrected chi connectivity index (χ3v) is 5.60. The van der Waals surface area contributed by atoms with Crippen LogP contribution in [0.3, 0.4) is 0 Å². The van der Waals surface area contributed by atoms with Crippen molar-refractivity contribution >= 4 is 17.3 Å². The molecule has 1 heterocycles. The van der Waals surface area contributed by atoms with Crippen LogP contribution in [0, 0.1) is 12.8 Å². The van der Waals surface area contributed by atoms with Gasteiger partial charge in [0.2, 0.25) is 5.91 Å². The molecule has 0 bridgehead atoms. The summed E-state index contributed by atoms with van der Waals surface area (Å²) >= 11 is 0. The number of anilines is 1. The number of amides is 1.